The lowest BCUT2D eigenvalue weighted by molar-refractivity contribution is 0.181. The Hall–Kier alpha value is -1.20. The van der Waals surface area contributed by atoms with Gasteiger partial charge in [-0.3, -0.25) is 4.99 Å². The molecule has 5 heteroatoms. The van der Waals surface area contributed by atoms with E-state index in [9.17, 15) is 0 Å². The Balaban J connectivity index is 1.72. The summed E-state index contributed by atoms with van der Waals surface area (Å²) in [4.78, 5) is 7.01. The van der Waals surface area contributed by atoms with E-state index in [0.29, 0.717) is 5.92 Å². The first-order valence-corrected chi connectivity index (χ1v) is 10.0. The van der Waals surface area contributed by atoms with Gasteiger partial charge in [0.1, 0.15) is 0 Å². The predicted molar refractivity (Wildman–Crippen MR) is 105 cm³/mol. The van der Waals surface area contributed by atoms with Gasteiger partial charge in [0.25, 0.3) is 0 Å². The molecule has 0 amide bonds. The zero-order valence-corrected chi connectivity index (χ0v) is 16.1. The van der Waals surface area contributed by atoms with Crippen molar-refractivity contribution >= 4 is 17.7 Å². The van der Waals surface area contributed by atoms with Crippen LogP contribution in [0.5, 0.6) is 0 Å². The Kier molecular flexibility index (Phi) is 8.47. The third-order valence-corrected chi connectivity index (χ3v) is 5.15. The maximum absolute atomic E-state index is 5.47. The zero-order valence-electron chi connectivity index (χ0n) is 15.3. The first-order chi connectivity index (χ1) is 11.7. The number of rotatable bonds is 8. The summed E-state index contributed by atoms with van der Waals surface area (Å²) in [5, 5.41) is 3.40. The van der Waals surface area contributed by atoms with Crippen LogP contribution in [0.3, 0.4) is 0 Å². The van der Waals surface area contributed by atoms with Crippen LogP contribution in [-0.4, -0.2) is 56.5 Å². The molecule has 1 heterocycles. The summed E-state index contributed by atoms with van der Waals surface area (Å²) in [6.07, 6.45) is 1.16. The average Bonchev–Trinajstić information content (AvgIpc) is 3.08. The van der Waals surface area contributed by atoms with Crippen molar-refractivity contribution in [1.29, 1.82) is 0 Å². The molecule has 4 nitrogen and oxygen atoms in total. The molecule has 1 aliphatic rings. The molecule has 1 aliphatic heterocycles. The first-order valence-electron chi connectivity index (χ1n) is 8.89. The van der Waals surface area contributed by atoms with Crippen LogP contribution in [-0.2, 0) is 10.5 Å². The van der Waals surface area contributed by atoms with Crippen molar-refractivity contribution in [3.8, 4) is 0 Å². The molecular weight excluding hydrogens is 318 g/mol. The van der Waals surface area contributed by atoms with Crippen molar-refractivity contribution in [1.82, 2.24) is 10.2 Å². The van der Waals surface area contributed by atoms with Gasteiger partial charge in [-0.15, -0.1) is 0 Å². The van der Waals surface area contributed by atoms with Crippen molar-refractivity contribution in [3.63, 3.8) is 0 Å². The van der Waals surface area contributed by atoms with Crippen LogP contribution in [0.2, 0.25) is 0 Å². The van der Waals surface area contributed by atoms with Gasteiger partial charge in [-0.1, -0.05) is 29.8 Å². The third kappa shape index (κ3) is 6.73. The van der Waals surface area contributed by atoms with E-state index in [1.807, 2.05) is 11.8 Å². The van der Waals surface area contributed by atoms with Gasteiger partial charge in [0.05, 0.1) is 13.2 Å². The molecule has 0 radical (unpaired) electrons. The molecular formula is C19H31N3OS. The average molecular weight is 350 g/mol. The Morgan fingerprint density at radius 3 is 2.83 bits per heavy atom. The largest absolute Gasteiger partial charge is 0.381 e. The summed E-state index contributed by atoms with van der Waals surface area (Å²) in [5.41, 5.74) is 2.71. The molecule has 0 saturated carbocycles. The molecule has 0 aliphatic carbocycles. The normalized spacial score (nSPS) is 18.0. The molecule has 2 rings (SSSR count). The molecule has 24 heavy (non-hydrogen) atoms. The molecule has 1 N–H and O–H groups in total. The molecule has 1 fully saturated rings. The highest BCUT2D eigenvalue weighted by Crippen LogP contribution is 2.14. The second-order valence-corrected chi connectivity index (χ2v) is 7.49. The summed E-state index contributed by atoms with van der Waals surface area (Å²) in [5.74, 6) is 3.75. The van der Waals surface area contributed by atoms with Crippen LogP contribution in [0.1, 0.15) is 24.5 Å². The fourth-order valence-electron chi connectivity index (χ4n) is 2.76. The number of nitrogens with zero attached hydrogens (tertiary/aromatic N) is 2. The van der Waals surface area contributed by atoms with Gasteiger partial charge in [0, 0.05) is 44.2 Å². The first kappa shape index (κ1) is 19.1. The van der Waals surface area contributed by atoms with Gasteiger partial charge < -0.3 is 15.0 Å². The van der Waals surface area contributed by atoms with Crippen molar-refractivity contribution < 1.29 is 4.74 Å². The summed E-state index contributed by atoms with van der Waals surface area (Å²) in [6, 6.07) is 8.79. The van der Waals surface area contributed by atoms with Crippen LogP contribution in [0.15, 0.2) is 29.3 Å². The molecule has 1 aromatic carbocycles. The Labute approximate surface area is 151 Å². The van der Waals surface area contributed by atoms with E-state index >= 15 is 0 Å². The maximum atomic E-state index is 5.47. The Morgan fingerprint density at radius 1 is 1.38 bits per heavy atom. The minimum atomic E-state index is 0.634. The second-order valence-electron chi connectivity index (χ2n) is 6.38. The fourth-order valence-corrected chi connectivity index (χ4v) is 3.55. The number of thioether (sulfide) groups is 1. The lowest BCUT2D eigenvalue weighted by atomic mass is 10.1. The highest BCUT2D eigenvalue weighted by Gasteiger charge is 2.18. The SMILES string of the molecule is CCNC(=NCCSCc1ccc(C)cc1)N(C)CC1CCOC1. The standard InChI is InChI=1S/C19H31N3OS/c1-4-20-19(22(3)13-18-9-11-23-14-18)21-10-12-24-15-17-7-5-16(2)6-8-17/h5-8,18H,4,9-15H2,1-3H3,(H,20,21). The van der Waals surface area contributed by atoms with Crippen LogP contribution in [0, 0.1) is 12.8 Å². The third-order valence-electron chi connectivity index (χ3n) is 4.14. The topological polar surface area (TPSA) is 36.9 Å². The molecule has 1 saturated heterocycles. The molecule has 1 aromatic rings. The molecule has 134 valence electrons. The highest BCUT2D eigenvalue weighted by molar-refractivity contribution is 7.98. The van der Waals surface area contributed by atoms with Crippen LogP contribution in [0.25, 0.3) is 0 Å². The molecule has 0 spiro atoms. The quantitative estimate of drug-likeness (QED) is 0.444. The van der Waals surface area contributed by atoms with Crippen LogP contribution in [0.4, 0.5) is 0 Å². The van der Waals surface area contributed by atoms with Gasteiger partial charge in [0.15, 0.2) is 5.96 Å². The lowest BCUT2D eigenvalue weighted by Gasteiger charge is -2.24. The van der Waals surface area contributed by atoms with E-state index in [4.69, 9.17) is 9.73 Å². The summed E-state index contributed by atoms with van der Waals surface area (Å²) >= 11 is 1.94. The van der Waals surface area contributed by atoms with E-state index in [1.54, 1.807) is 0 Å². The molecule has 0 bridgehead atoms. The molecule has 1 atom stereocenters. The van der Waals surface area contributed by atoms with E-state index < -0.39 is 0 Å². The van der Waals surface area contributed by atoms with Crippen molar-refractivity contribution in [3.05, 3.63) is 35.4 Å². The number of hydrogen-bond acceptors (Lipinski definition) is 3. The van der Waals surface area contributed by atoms with Gasteiger partial charge in [-0.25, -0.2) is 0 Å². The summed E-state index contributed by atoms with van der Waals surface area (Å²) in [7, 11) is 2.12. The number of guanidine groups is 1. The maximum Gasteiger partial charge on any atom is 0.193 e. The molecule has 1 unspecified atom stereocenters. The van der Waals surface area contributed by atoms with Crippen LogP contribution < -0.4 is 5.32 Å². The van der Waals surface area contributed by atoms with Crippen LogP contribution >= 0.6 is 11.8 Å². The second kappa shape index (κ2) is 10.6. The number of aliphatic imine (C=N–C) groups is 1. The van der Waals surface area contributed by atoms with E-state index in [1.165, 1.54) is 11.1 Å². The molecule has 0 aromatic heterocycles. The lowest BCUT2D eigenvalue weighted by Crippen LogP contribution is -2.41. The summed E-state index contributed by atoms with van der Waals surface area (Å²) < 4.78 is 5.47. The van der Waals surface area contributed by atoms with E-state index in [-0.39, 0.29) is 0 Å². The number of ether oxygens (including phenoxy) is 1. The number of hydrogen-bond donors (Lipinski definition) is 1. The zero-order chi connectivity index (χ0) is 17.2. The number of benzene rings is 1. The van der Waals surface area contributed by atoms with Gasteiger partial charge in [-0.05, 0) is 25.8 Å². The van der Waals surface area contributed by atoms with E-state index in [2.05, 4.69) is 55.4 Å². The highest BCUT2D eigenvalue weighted by atomic mass is 32.2. The monoisotopic (exact) mass is 349 g/mol. The van der Waals surface area contributed by atoms with Gasteiger partial charge in [-0.2, -0.15) is 11.8 Å². The smallest absolute Gasteiger partial charge is 0.193 e. The summed E-state index contributed by atoms with van der Waals surface area (Å²) in [6.45, 7) is 8.81. The minimum absolute atomic E-state index is 0.634. The minimum Gasteiger partial charge on any atom is -0.381 e. The van der Waals surface area contributed by atoms with Crippen molar-refractivity contribution in [2.24, 2.45) is 10.9 Å². The van der Waals surface area contributed by atoms with Crippen molar-refractivity contribution in [2.45, 2.75) is 26.0 Å². The van der Waals surface area contributed by atoms with Crippen molar-refractivity contribution in [2.75, 3.05) is 45.6 Å². The predicted octanol–water partition coefficient (Wildman–Crippen LogP) is 3.16. The number of aryl methyl sites for hydroxylation is 1. The Morgan fingerprint density at radius 2 is 2.17 bits per heavy atom. The fraction of sp³-hybridized carbons (Fsp3) is 0.632. The van der Waals surface area contributed by atoms with Gasteiger partial charge >= 0.3 is 0 Å². The Bertz CT molecular complexity index is 498. The number of nitrogens with one attached hydrogen (secondary N) is 1. The van der Waals surface area contributed by atoms with E-state index in [0.717, 1.165) is 56.7 Å². The van der Waals surface area contributed by atoms with Gasteiger partial charge in [0.2, 0.25) is 0 Å².